The summed E-state index contributed by atoms with van der Waals surface area (Å²) in [5, 5.41) is 21.8. The van der Waals surface area contributed by atoms with Crippen LogP contribution in [-0.2, 0) is 23.1 Å². The first-order valence-electron chi connectivity index (χ1n) is 4.66. The lowest BCUT2D eigenvalue weighted by Gasteiger charge is -2.20. The van der Waals surface area contributed by atoms with Gasteiger partial charge in [-0.2, -0.15) is 8.42 Å². The molecular weight excluding hydrogens is 234 g/mol. The zero-order valence-electron chi connectivity index (χ0n) is 8.27. The second kappa shape index (κ2) is 3.62. The quantitative estimate of drug-likeness (QED) is 0.409. The summed E-state index contributed by atoms with van der Waals surface area (Å²) in [7, 11) is -4.55. The Bertz CT molecular complexity index is 537. The van der Waals surface area contributed by atoms with Gasteiger partial charge in [0.1, 0.15) is 4.90 Å². The molecule has 6 nitrogen and oxygen atoms in total. The third kappa shape index (κ3) is 1.73. The van der Waals surface area contributed by atoms with Crippen LogP contribution in [0.4, 0.5) is 0 Å². The summed E-state index contributed by atoms with van der Waals surface area (Å²) >= 11 is 0. The molecule has 4 N–H and O–H groups in total. The average Bonchev–Trinajstić information content (AvgIpc) is 2.17. The third-order valence-corrected chi connectivity index (χ3v) is 3.52. The molecular formula is C9H11NO5S. The topological polar surface area (TPSA) is 107 Å². The zero-order chi connectivity index (χ0) is 11.9. The van der Waals surface area contributed by atoms with Crippen LogP contribution in [0.15, 0.2) is 11.0 Å². The van der Waals surface area contributed by atoms with Crippen molar-refractivity contribution in [2.24, 2.45) is 0 Å². The lowest BCUT2D eigenvalue weighted by Crippen LogP contribution is -2.25. The number of benzene rings is 1. The van der Waals surface area contributed by atoms with E-state index >= 15 is 0 Å². The minimum atomic E-state index is -4.55. The molecule has 88 valence electrons. The number of rotatable bonds is 1. The molecule has 0 aliphatic carbocycles. The number of hydrogen-bond acceptors (Lipinski definition) is 5. The maximum Gasteiger partial charge on any atom is 0.298 e. The summed E-state index contributed by atoms with van der Waals surface area (Å²) in [6.45, 7) is 0.889. The van der Waals surface area contributed by atoms with Crippen LogP contribution >= 0.6 is 0 Å². The molecule has 0 fully saturated rings. The summed E-state index contributed by atoms with van der Waals surface area (Å²) < 4.78 is 31.3. The Morgan fingerprint density at radius 3 is 2.62 bits per heavy atom. The maximum atomic E-state index is 11.1. The Labute approximate surface area is 92.3 Å². The number of hydrogen-bond donors (Lipinski definition) is 4. The minimum absolute atomic E-state index is 0.234. The molecule has 0 spiro atoms. The second-order valence-electron chi connectivity index (χ2n) is 3.61. The van der Waals surface area contributed by atoms with Gasteiger partial charge in [0.2, 0.25) is 0 Å². The van der Waals surface area contributed by atoms with E-state index in [4.69, 9.17) is 4.55 Å². The number of aromatic hydroxyl groups is 2. The van der Waals surface area contributed by atoms with Crippen LogP contribution in [0.1, 0.15) is 11.1 Å². The number of phenols is 2. The molecule has 16 heavy (non-hydrogen) atoms. The van der Waals surface area contributed by atoms with E-state index in [0.29, 0.717) is 24.1 Å². The fraction of sp³-hybridized carbons (Fsp3) is 0.333. The standard InChI is InChI=1S/C9H11NO5S/c11-7-3-5-1-2-10-4-6(5)9(8(7)12)16(13,14)15/h3,10-12H,1-2,4H2,(H,13,14,15). The van der Waals surface area contributed by atoms with Crippen molar-refractivity contribution >= 4 is 10.1 Å². The van der Waals surface area contributed by atoms with Crippen molar-refractivity contribution < 1.29 is 23.2 Å². The smallest absolute Gasteiger partial charge is 0.298 e. The first-order chi connectivity index (χ1) is 7.41. The molecule has 2 rings (SSSR count). The maximum absolute atomic E-state index is 11.1. The Morgan fingerprint density at radius 1 is 1.31 bits per heavy atom. The molecule has 0 saturated heterocycles. The summed E-state index contributed by atoms with van der Waals surface area (Å²) in [6, 6.07) is 1.32. The van der Waals surface area contributed by atoms with Crippen LogP contribution in [0, 0.1) is 0 Å². The van der Waals surface area contributed by atoms with Crippen LogP contribution in [0.3, 0.4) is 0 Å². The van der Waals surface area contributed by atoms with Gasteiger partial charge >= 0.3 is 0 Å². The lowest BCUT2D eigenvalue weighted by molar-refractivity contribution is 0.384. The molecule has 0 unspecified atom stereocenters. The minimum Gasteiger partial charge on any atom is -0.504 e. The van der Waals surface area contributed by atoms with Gasteiger partial charge in [0.15, 0.2) is 11.5 Å². The molecule has 1 aliphatic rings. The zero-order valence-corrected chi connectivity index (χ0v) is 9.08. The molecule has 0 saturated carbocycles. The molecule has 1 aromatic rings. The molecule has 1 aromatic carbocycles. The molecule has 1 aliphatic heterocycles. The second-order valence-corrected chi connectivity index (χ2v) is 4.97. The van der Waals surface area contributed by atoms with Gasteiger partial charge in [-0.05, 0) is 30.2 Å². The Balaban J connectivity index is 2.79. The van der Waals surface area contributed by atoms with Crippen molar-refractivity contribution in [1.29, 1.82) is 0 Å². The van der Waals surface area contributed by atoms with Gasteiger partial charge in [-0.3, -0.25) is 4.55 Å². The number of phenolic OH excluding ortho intramolecular Hbond substituents is 2. The molecule has 0 atom stereocenters. The largest absolute Gasteiger partial charge is 0.504 e. The van der Waals surface area contributed by atoms with Crippen LogP contribution < -0.4 is 5.32 Å². The highest BCUT2D eigenvalue weighted by molar-refractivity contribution is 7.86. The Morgan fingerprint density at radius 2 is 2.00 bits per heavy atom. The van der Waals surface area contributed by atoms with Crippen molar-refractivity contribution in [3.8, 4) is 11.5 Å². The van der Waals surface area contributed by atoms with E-state index in [1.165, 1.54) is 6.07 Å². The van der Waals surface area contributed by atoms with Crippen LogP contribution in [0.2, 0.25) is 0 Å². The fourth-order valence-corrected chi connectivity index (χ4v) is 2.72. The highest BCUT2D eigenvalue weighted by Gasteiger charge is 2.27. The van der Waals surface area contributed by atoms with Gasteiger partial charge < -0.3 is 15.5 Å². The lowest BCUT2D eigenvalue weighted by atomic mass is 10.00. The van der Waals surface area contributed by atoms with Gasteiger partial charge in [-0.1, -0.05) is 0 Å². The van der Waals surface area contributed by atoms with Crippen molar-refractivity contribution in [3.63, 3.8) is 0 Å². The van der Waals surface area contributed by atoms with E-state index in [0.717, 1.165) is 0 Å². The molecule has 0 aromatic heterocycles. The summed E-state index contributed by atoms with van der Waals surface area (Å²) in [5.74, 6) is -1.33. The first kappa shape index (κ1) is 11.2. The molecule has 0 bridgehead atoms. The van der Waals surface area contributed by atoms with Crippen LogP contribution in [0.25, 0.3) is 0 Å². The van der Waals surface area contributed by atoms with E-state index in [1.54, 1.807) is 0 Å². The molecule has 0 amide bonds. The van der Waals surface area contributed by atoms with Crippen LogP contribution in [-0.4, -0.2) is 29.7 Å². The highest BCUT2D eigenvalue weighted by atomic mass is 32.2. The van der Waals surface area contributed by atoms with E-state index in [1.807, 2.05) is 0 Å². The molecule has 7 heteroatoms. The van der Waals surface area contributed by atoms with Crippen LogP contribution in [0.5, 0.6) is 11.5 Å². The normalized spacial score (nSPS) is 15.8. The van der Waals surface area contributed by atoms with Crippen molar-refractivity contribution in [2.75, 3.05) is 6.54 Å². The third-order valence-electron chi connectivity index (χ3n) is 2.56. The van der Waals surface area contributed by atoms with Crippen molar-refractivity contribution in [2.45, 2.75) is 17.9 Å². The van der Waals surface area contributed by atoms with Gasteiger partial charge in [-0.15, -0.1) is 0 Å². The van der Waals surface area contributed by atoms with Crippen molar-refractivity contribution in [3.05, 3.63) is 17.2 Å². The van der Waals surface area contributed by atoms with Gasteiger partial charge in [0.05, 0.1) is 0 Å². The molecule has 1 heterocycles. The van der Waals surface area contributed by atoms with E-state index in [2.05, 4.69) is 5.32 Å². The highest BCUT2D eigenvalue weighted by Crippen LogP contribution is 2.38. The van der Waals surface area contributed by atoms with Gasteiger partial charge in [0, 0.05) is 6.54 Å². The number of nitrogens with one attached hydrogen (secondary N) is 1. The predicted octanol–water partition coefficient (Wildman–Crippen LogP) is -0.00980. The predicted molar refractivity (Wildman–Crippen MR) is 55.0 cm³/mol. The fourth-order valence-electron chi connectivity index (χ4n) is 1.86. The SMILES string of the molecule is O=S(=O)(O)c1c(O)c(O)cc2c1CNCC2. The summed E-state index contributed by atoms with van der Waals surface area (Å²) in [4.78, 5) is -0.602. The summed E-state index contributed by atoms with van der Waals surface area (Å²) in [6.07, 6.45) is 0.533. The monoisotopic (exact) mass is 245 g/mol. The number of fused-ring (bicyclic) bond motifs is 1. The first-order valence-corrected chi connectivity index (χ1v) is 6.10. The van der Waals surface area contributed by atoms with E-state index in [9.17, 15) is 18.6 Å². The van der Waals surface area contributed by atoms with E-state index in [-0.39, 0.29) is 6.54 Å². The Kier molecular flexibility index (Phi) is 2.53. The van der Waals surface area contributed by atoms with Crippen molar-refractivity contribution in [1.82, 2.24) is 5.32 Å². The summed E-state index contributed by atoms with van der Waals surface area (Å²) in [5.41, 5.74) is 0.922. The average molecular weight is 245 g/mol. The Hall–Kier alpha value is -1.31. The van der Waals surface area contributed by atoms with Gasteiger partial charge in [-0.25, -0.2) is 0 Å². The molecule has 0 radical (unpaired) electrons. The van der Waals surface area contributed by atoms with E-state index < -0.39 is 26.5 Å². The van der Waals surface area contributed by atoms with Gasteiger partial charge in [0.25, 0.3) is 10.1 Å².